The number of hydrogen-bond acceptors (Lipinski definition) is 5. The quantitative estimate of drug-likeness (QED) is 0.595. The van der Waals surface area contributed by atoms with E-state index in [0.717, 1.165) is 4.31 Å². The molecule has 1 N–H and O–H groups in total. The van der Waals surface area contributed by atoms with Crippen molar-refractivity contribution in [2.45, 2.75) is 11.4 Å². The number of ether oxygens (including phenoxy) is 1. The number of carbonyl (C=O) groups excluding carboxylic acids is 1. The zero-order chi connectivity index (χ0) is 21.6. The molecule has 0 aliphatic carbocycles. The lowest BCUT2D eigenvalue weighted by Gasteiger charge is -2.22. The number of methoxy groups -OCH3 is 1. The van der Waals surface area contributed by atoms with Crippen LogP contribution in [0.3, 0.4) is 0 Å². The predicted octanol–water partition coefficient (Wildman–Crippen LogP) is 3.06. The Bertz CT molecular complexity index is 1090. The van der Waals surface area contributed by atoms with Crippen LogP contribution < -0.4 is 10.1 Å². The van der Waals surface area contributed by atoms with Crippen molar-refractivity contribution in [3.05, 3.63) is 84.4 Å². The summed E-state index contributed by atoms with van der Waals surface area (Å²) in [7, 11) is -2.45. The average Bonchev–Trinajstić information content (AvgIpc) is 2.76. The third-order valence-electron chi connectivity index (χ3n) is 4.24. The second kappa shape index (κ2) is 9.47. The molecule has 9 heteroatoms. The van der Waals surface area contributed by atoms with Crippen molar-refractivity contribution in [2.75, 3.05) is 19.0 Å². The van der Waals surface area contributed by atoms with Gasteiger partial charge in [0.25, 0.3) is 0 Å². The van der Waals surface area contributed by atoms with Crippen LogP contribution in [0.1, 0.15) is 5.56 Å². The summed E-state index contributed by atoms with van der Waals surface area (Å²) in [4.78, 5) is 16.4. The molecule has 0 saturated carbocycles. The van der Waals surface area contributed by atoms with Gasteiger partial charge in [0.2, 0.25) is 15.9 Å². The molecule has 0 bridgehead atoms. The van der Waals surface area contributed by atoms with Gasteiger partial charge in [-0.05, 0) is 54.1 Å². The van der Waals surface area contributed by atoms with Gasteiger partial charge in [-0.3, -0.25) is 9.78 Å². The Morgan fingerprint density at radius 1 is 1.10 bits per heavy atom. The minimum Gasteiger partial charge on any atom is -0.497 e. The van der Waals surface area contributed by atoms with E-state index in [0.29, 0.717) is 17.0 Å². The summed E-state index contributed by atoms with van der Waals surface area (Å²) in [6, 6.07) is 15.0. The van der Waals surface area contributed by atoms with Crippen LogP contribution in [-0.4, -0.2) is 37.3 Å². The fourth-order valence-corrected chi connectivity index (χ4v) is 4.05. The number of aromatic nitrogens is 1. The first-order chi connectivity index (χ1) is 14.4. The van der Waals surface area contributed by atoms with Crippen LogP contribution in [-0.2, 0) is 21.4 Å². The van der Waals surface area contributed by atoms with E-state index in [-0.39, 0.29) is 11.4 Å². The maximum Gasteiger partial charge on any atom is 0.245 e. The van der Waals surface area contributed by atoms with Crippen LogP contribution in [0.15, 0.2) is 78.0 Å². The summed E-state index contributed by atoms with van der Waals surface area (Å²) in [6.07, 6.45) is 2.70. The first-order valence-corrected chi connectivity index (χ1v) is 10.4. The number of carbonyl (C=O) groups is 1. The molecule has 0 fully saturated rings. The SMILES string of the molecule is COc1ccc(CN(CC(=O)Nc2ccc(F)cc2)S(=O)(=O)c2cccnc2)cc1. The van der Waals surface area contributed by atoms with Crippen LogP contribution in [0.4, 0.5) is 10.1 Å². The summed E-state index contributed by atoms with van der Waals surface area (Å²) in [5, 5.41) is 2.58. The summed E-state index contributed by atoms with van der Waals surface area (Å²) in [5.41, 5.74) is 1.04. The maximum absolute atomic E-state index is 13.1. The Labute approximate surface area is 174 Å². The van der Waals surface area contributed by atoms with E-state index in [9.17, 15) is 17.6 Å². The van der Waals surface area contributed by atoms with Gasteiger partial charge >= 0.3 is 0 Å². The number of pyridine rings is 1. The van der Waals surface area contributed by atoms with Crippen molar-refractivity contribution in [1.29, 1.82) is 0 Å². The molecule has 0 atom stereocenters. The molecule has 0 aliphatic rings. The van der Waals surface area contributed by atoms with Gasteiger partial charge in [-0.2, -0.15) is 4.31 Å². The van der Waals surface area contributed by atoms with Gasteiger partial charge in [-0.25, -0.2) is 12.8 Å². The van der Waals surface area contributed by atoms with Crippen LogP contribution in [0, 0.1) is 5.82 Å². The van der Waals surface area contributed by atoms with Crippen LogP contribution >= 0.6 is 0 Å². The van der Waals surface area contributed by atoms with Crippen molar-refractivity contribution in [3.8, 4) is 5.75 Å². The van der Waals surface area contributed by atoms with E-state index >= 15 is 0 Å². The smallest absolute Gasteiger partial charge is 0.245 e. The van der Waals surface area contributed by atoms with Gasteiger partial charge in [0.1, 0.15) is 16.5 Å². The summed E-state index contributed by atoms with van der Waals surface area (Å²) in [6.45, 7) is -0.460. The number of benzene rings is 2. The number of amides is 1. The summed E-state index contributed by atoms with van der Waals surface area (Å²) < 4.78 is 45.5. The highest BCUT2D eigenvalue weighted by atomic mass is 32.2. The molecule has 0 unspecified atom stereocenters. The normalized spacial score (nSPS) is 11.3. The molecule has 0 spiro atoms. The zero-order valence-electron chi connectivity index (χ0n) is 16.2. The fraction of sp³-hybridized carbons (Fsp3) is 0.143. The minimum absolute atomic E-state index is 0.0203. The van der Waals surface area contributed by atoms with E-state index in [2.05, 4.69) is 10.3 Å². The fourth-order valence-electron chi connectivity index (χ4n) is 2.70. The Kier molecular flexibility index (Phi) is 6.76. The lowest BCUT2D eigenvalue weighted by Crippen LogP contribution is -2.37. The molecule has 3 rings (SSSR count). The van der Waals surface area contributed by atoms with Crippen LogP contribution in [0.25, 0.3) is 0 Å². The molecule has 2 aromatic carbocycles. The number of nitrogens with one attached hydrogen (secondary N) is 1. The first-order valence-electron chi connectivity index (χ1n) is 8.97. The van der Waals surface area contributed by atoms with Gasteiger partial charge < -0.3 is 10.1 Å². The number of rotatable bonds is 8. The number of anilines is 1. The highest BCUT2D eigenvalue weighted by Gasteiger charge is 2.27. The van der Waals surface area contributed by atoms with Gasteiger partial charge in [0.05, 0.1) is 13.7 Å². The molecule has 1 heterocycles. The Morgan fingerprint density at radius 3 is 2.40 bits per heavy atom. The summed E-state index contributed by atoms with van der Waals surface area (Å²) >= 11 is 0. The minimum atomic E-state index is -3.99. The topological polar surface area (TPSA) is 88.6 Å². The number of hydrogen-bond donors (Lipinski definition) is 1. The Hall–Kier alpha value is -3.30. The molecule has 0 radical (unpaired) electrons. The third-order valence-corrected chi connectivity index (χ3v) is 6.01. The molecule has 0 aliphatic heterocycles. The standard InChI is InChI=1S/C21H20FN3O4S/c1-29-19-10-4-16(5-11-19)14-25(30(27,28)20-3-2-12-23-13-20)15-21(26)24-18-8-6-17(22)7-9-18/h2-13H,14-15H2,1H3,(H,24,26). The molecule has 1 aromatic heterocycles. The molecule has 30 heavy (non-hydrogen) atoms. The molecule has 3 aromatic rings. The molecule has 0 saturated heterocycles. The lowest BCUT2D eigenvalue weighted by atomic mass is 10.2. The van der Waals surface area contributed by atoms with Gasteiger partial charge in [0.15, 0.2) is 0 Å². The number of nitrogens with zero attached hydrogens (tertiary/aromatic N) is 2. The third kappa shape index (κ3) is 5.40. The maximum atomic E-state index is 13.1. The molecular formula is C21H20FN3O4S. The highest BCUT2D eigenvalue weighted by molar-refractivity contribution is 7.89. The van der Waals surface area contributed by atoms with Crippen LogP contribution in [0.5, 0.6) is 5.75 Å². The van der Waals surface area contributed by atoms with Crippen molar-refractivity contribution in [3.63, 3.8) is 0 Å². The van der Waals surface area contributed by atoms with Crippen LogP contribution in [0.2, 0.25) is 0 Å². The predicted molar refractivity (Wildman–Crippen MR) is 110 cm³/mol. The van der Waals surface area contributed by atoms with Crippen molar-refractivity contribution in [1.82, 2.24) is 9.29 Å². The second-order valence-electron chi connectivity index (χ2n) is 6.36. The van der Waals surface area contributed by atoms with Gasteiger partial charge in [-0.15, -0.1) is 0 Å². The first kappa shape index (κ1) is 21.4. The van der Waals surface area contributed by atoms with Crippen molar-refractivity contribution < 1.29 is 22.3 Å². The highest BCUT2D eigenvalue weighted by Crippen LogP contribution is 2.19. The lowest BCUT2D eigenvalue weighted by molar-refractivity contribution is -0.116. The largest absolute Gasteiger partial charge is 0.497 e. The van der Waals surface area contributed by atoms with Gasteiger partial charge in [-0.1, -0.05) is 12.1 Å². The molecule has 7 nitrogen and oxygen atoms in total. The summed E-state index contributed by atoms with van der Waals surface area (Å²) in [5.74, 6) is -0.356. The van der Waals surface area contributed by atoms with Crippen molar-refractivity contribution in [2.24, 2.45) is 0 Å². The molecule has 1 amide bonds. The number of sulfonamides is 1. The number of halogens is 1. The van der Waals surface area contributed by atoms with E-state index in [4.69, 9.17) is 4.74 Å². The van der Waals surface area contributed by atoms with E-state index in [1.54, 1.807) is 24.3 Å². The van der Waals surface area contributed by atoms with E-state index in [1.165, 1.54) is 55.9 Å². The Morgan fingerprint density at radius 2 is 1.80 bits per heavy atom. The average molecular weight is 429 g/mol. The van der Waals surface area contributed by atoms with E-state index in [1.807, 2.05) is 0 Å². The zero-order valence-corrected chi connectivity index (χ0v) is 17.0. The monoisotopic (exact) mass is 429 g/mol. The van der Waals surface area contributed by atoms with Gasteiger partial charge in [0, 0.05) is 24.6 Å². The molecule has 156 valence electrons. The second-order valence-corrected chi connectivity index (χ2v) is 8.30. The van der Waals surface area contributed by atoms with Crippen molar-refractivity contribution >= 4 is 21.6 Å². The molecular weight excluding hydrogens is 409 g/mol. The Balaban J connectivity index is 1.84. The van der Waals surface area contributed by atoms with E-state index < -0.39 is 28.3 Å².